The normalized spacial score (nSPS) is 22.8. The Bertz CT molecular complexity index is 1290. The van der Waals surface area contributed by atoms with Crippen molar-refractivity contribution in [2.24, 2.45) is 0 Å². The zero-order valence-electron chi connectivity index (χ0n) is 37.8. The molecule has 0 aromatic carbocycles. The van der Waals surface area contributed by atoms with Crippen LogP contribution in [0.5, 0.6) is 0 Å². The molecular weight excluding hydrogens is 819 g/mol. The summed E-state index contributed by atoms with van der Waals surface area (Å²) in [7, 11) is -5.14. The van der Waals surface area contributed by atoms with E-state index >= 15 is 0 Å². The summed E-state index contributed by atoms with van der Waals surface area (Å²) in [5, 5.41) is 59.9. The summed E-state index contributed by atoms with van der Waals surface area (Å²) >= 11 is 0. The number of carbonyl (C=O) groups excluding carboxylic acids is 2. The summed E-state index contributed by atoms with van der Waals surface area (Å²) in [4.78, 5) is 35.7. The SMILES string of the molecule is CCCCCCCCCCCCCCCCCC(=O)O[C@H](COC(=O)CCC/C=C\C/C=C\C/C=C\C/C=C\CC(O)CCC)COP(=O)(O)OC1[C@H](O)[C@H](O)C(O)[C@H](O)[C@H]1O. The van der Waals surface area contributed by atoms with Crippen molar-refractivity contribution in [3.05, 3.63) is 48.6 Å². The van der Waals surface area contributed by atoms with E-state index in [2.05, 4.69) is 44.2 Å². The first-order chi connectivity index (χ1) is 29.8. The van der Waals surface area contributed by atoms with Crippen molar-refractivity contribution >= 4 is 19.8 Å². The lowest BCUT2D eigenvalue weighted by Gasteiger charge is -2.41. The molecule has 0 aromatic rings. The second-order valence-corrected chi connectivity index (χ2v) is 17.9. The maximum atomic E-state index is 12.8. The lowest BCUT2D eigenvalue weighted by Crippen LogP contribution is -2.64. The Morgan fingerprint density at radius 3 is 1.53 bits per heavy atom. The predicted octanol–water partition coefficient (Wildman–Crippen LogP) is 8.14. The molecule has 0 heterocycles. The van der Waals surface area contributed by atoms with Gasteiger partial charge in [0.25, 0.3) is 0 Å². The molecule has 7 N–H and O–H groups in total. The number of rotatable bonds is 38. The molecule has 1 aliphatic rings. The van der Waals surface area contributed by atoms with Crippen LogP contribution in [0.2, 0.25) is 0 Å². The molecule has 0 saturated heterocycles. The topological polar surface area (TPSA) is 230 Å². The molecule has 1 fully saturated rings. The molecule has 14 nitrogen and oxygen atoms in total. The number of esters is 2. The van der Waals surface area contributed by atoms with Gasteiger partial charge in [-0.05, 0) is 51.4 Å². The van der Waals surface area contributed by atoms with Gasteiger partial charge >= 0.3 is 19.8 Å². The monoisotopic (exact) mass is 903 g/mol. The van der Waals surface area contributed by atoms with Crippen LogP contribution < -0.4 is 0 Å². The van der Waals surface area contributed by atoms with Gasteiger partial charge in [0.2, 0.25) is 0 Å². The summed E-state index contributed by atoms with van der Waals surface area (Å²) in [6.45, 7) is 3.05. The van der Waals surface area contributed by atoms with E-state index < -0.39 is 75.7 Å². The van der Waals surface area contributed by atoms with Gasteiger partial charge < -0.3 is 45.0 Å². The summed E-state index contributed by atoms with van der Waals surface area (Å²) in [5.41, 5.74) is 0. The number of ether oxygens (including phenoxy) is 2. The van der Waals surface area contributed by atoms with E-state index in [9.17, 15) is 49.7 Å². The highest BCUT2D eigenvalue weighted by Crippen LogP contribution is 2.47. The molecule has 1 rings (SSSR count). The third kappa shape index (κ3) is 29.3. The maximum Gasteiger partial charge on any atom is 0.472 e. The average Bonchev–Trinajstić information content (AvgIpc) is 3.24. The van der Waals surface area contributed by atoms with Gasteiger partial charge in [0.1, 0.15) is 43.2 Å². The molecular formula is C47H83O14P. The van der Waals surface area contributed by atoms with Crippen LogP contribution in [0.25, 0.3) is 0 Å². The average molecular weight is 903 g/mol. The van der Waals surface area contributed by atoms with Crippen LogP contribution in [-0.4, -0.2) is 110 Å². The zero-order valence-corrected chi connectivity index (χ0v) is 38.7. The van der Waals surface area contributed by atoms with E-state index in [1.807, 2.05) is 18.2 Å². The summed E-state index contributed by atoms with van der Waals surface area (Å²) in [6, 6.07) is 0. The molecule has 0 spiro atoms. The highest BCUT2D eigenvalue weighted by molar-refractivity contribution is 7.47. The van der Waals surface area contributed by atoms with Crippen molar-refractivity contribution in [1.82, 2.24) is 0 Å². The number of aliphatic hydroxyl groups excluding tert-OH is 6. The fourth-order valence-corrected chi connectivity index (χ4v) is 7.91. The number of hydrogen-bond acceptors (Lipinski definition) is 13. The van der Waals surface area contributed by atoms with Gasteiger partial charge in [0.05, 0.1) is 12.7 Å². The number of carbonyl (C=O) groups is 2. The Kier molecular flexibility index (Phi) is 34.5. The lowest BCUT2D eigenvalue weighted by atomic mass is 9.85. The van der Waals surface area contributed by atoms with Crippen molar-refractivity contribution in [2.45, 2.75) is 223 Å². The maximum absolute atomic E-state index is 12.8. The van der Waals surface area contributed by atoms with Crippen molar-refractivity contribution in [1.29, 1.82) is 0 Å². The first-order valence-corrected chi connectivity index (χ1v) is 25.0. The van der Waals surface area contributed by atoms with Crippen LogP contribution in [0.1, 0.15) is 174 Å². The molecule has 0 aromatic heterocycles. The molecule has 1 saturated carbocycles. The Labute approximate surface area is 372 Å². The molecule has 0 radical (unpaired) electrons. The van der Waals surface area contributed by atoms with E-state index in [4.69, 9.17) is 18.5 Å². The van der Waals surface area contributed by atoms with Crippen LogP contribution in [0.3, 0.4) is 0 Å². The summed E-state index contributed by atoms with van der Waals surface area (Å²) in [5.74, 6) is -1.18. The van der Waals surface area contributed by atoms with E-state index in [1.165, 1.54) is 64.2 Å². The third-order valence-corrected chi connectivity index (χ3v) is 11.7. The van der Waals surface area contributed by atoms with Gasteiger partial charge in [-0.25, -0.2) is 4.57 Å². The Morgan fingerprint density at radius 2 is 1.02 bits per heavy atom. The van der Waals surface area contributed by atoms with Gasteiger partial charge in [0.15, 0.2) is 6.10 Å². The quantitative estimate of drug-likeness (QED) is 0.0134. The van der Waals surface area contributed by atoms with Gasteiger partial charge in [-0.2, -0.15) is 0 Å². The standard InChI is InChI=1S/C47H83O14P/c1-3-5-6-7-8-9-10-11-12-15-19-22-25-28-31-35-41(50)60-39(37-59-62(56,57)61-47-45(54)43(52)42(51)44(53)46(47)55)36-58-40(49)34-30-27-24-21-18-16-13-14-17-20-23-26-29-33-38(48)32-4-2/h13,16-17,20-21,24,26,29,38-39,42-48,51-55H,3-12,14-15,18-19,22-23,25,27-28,30-37H2,1-2H3,(H,56,57)/b16-13-,20-17-,24-21-,29-26-/t38?,39-,42?,43-,44+,45-,46-,47?/m1/s1. The Hall–Kier alpha value is -2.23. The van der Waals surface area contributed by atoms with Crippen LogP contribution in [0.4, 0.5) is 0 Å². The summed E-state index contributed by atoms with van der Waals surface area (Å²) < 4.78 is 33.5. The van der Waals surface area contributed by atoms with Gasteiger partial charge in [-0.3, -0.25) is 18.6 Å². The summed E-state index contributed by atoms with van der Waals surface area (Å²) in [6.07, 6.45) is 26.6. The number of phosphoric acid groups is 1. The highest BCUT2D eigenvalue weighted by Gasteiger charge is 2.51. The minimum atomic E-state index is -5.14. The molecule has 0 bridgehead atoms. The number of allylic oxidation sites excluding steroid dienone is 7. The number of phosphoric ester groups is 1. The van der Waals surface area contributed by atoms with Crippen molar-refractivity contribution in [2.75, 3.05) is 13.2 Å². The van der Waals surface area contributed by atoms with Crippen LogP contribution in [0.15, 0.2) is 48.6 Å². The molecule has 9 atom stereocenters. The second-order valence-electron chi connectivity index (χ2n) is 16.4. The second kappa shape index (κ2) is 37.0. The Morgan fingerprint density at radius 1 is 0.565 bits per heavy atom. The minimum absolute atomic E-state index is 0.0766. The van der Waals surface area contributed by atoms with Crippen molar-refractivity contribution in [3.63, 3.8) is 0 Å². The van der Waals surface area contributed by atoms with Crippen molar-refractivity contribution < 1.29 is 68.2 Å². The fourth-order valence-electron chi connectivity index (χ4n) is 6.94. The predicted molar refractivity (Wildman–Crippen MR) is 241 cm³/mol. The minimum Gasteiger partial charge on any atom is -0.462 e. The zero-order chi connectivity index (χ0) is 45.9. The number of hydrogen-bond donors (Lipinski definition) is 7. The van der Waals surface area contributed by atoms with Crippen LogP contribution in [0, 0.1) is 0 Å². The molecule has 1 aliphatic carbocycles. The smallest absolute Gasteiger partial charge is 0.462 e. The fraction of sp³-hybridized carbons (Fsp3) is 0.787. The number of unbranched alkanes of at least 4 members (excludes halogenated alkanes) is 15. The number of aliphatic hydroxyl groups is 6. The van der Waals surface area contributed by atoms with Gasteiger partial charge in [-0.15, -0.1) is 0 Å². The molecule has 360 valence electrons. The lowest BCUT2D eigenvalue weighted by molar-refractivity contribution is -0.220. The molecule has 0 aliphatic heterocycles. The largest absolute Gasteiger partial charge is 0.472 e. The third-order valence-electron chi connectivity index (χ3n) is 10.7. The highest BCUT2D eigenvalue weighted by atomic mass is 31.2. The van der Waals surface area contributed by atoms with Gasteiger partial charge in [-0.1, -0.05) is 159 Å². The van der Waals surface area contributed by atoms with E-state index in [0.717, 1.165) is 57.8 Å². The molecule has 0 amide bonds. The first kappa shape index (κ1) is 57.8. The van der Waals surface area contributed by atoms with Crippen LogP contribution >= 0.6 is 7.82 Å². The Balaban J connectivity index is 2.50. The van der Waals surface area contributed by atoms with E-state index in [-0.39, 0.29) is 18.9 Å². The first-order valence-electron chi connectivity index (χ1n) is 23.5. The van der Waals surface area contributed by atoms with Crippen molar-refractivity contribution in [3.8, 4) is 0 Å². The molecule has 4 unspecified atom stereocenters. The van der Waals surface area contributed by atoms with Gasteiger partial charge in [0, 0.05) is 12.8 Å². The van der Waals surface area contributed by atoms with Crippen LogP contribution in [-0.2, 0) is 32.7 Å². The van der Waals surface area contributed by atoms with E-state index in [0.29, 0.717) is 25.7 Å². The molecule has 62 heavy (non-hydrogen) atoms. The van der Waals surface area contributed by atoms with E-state index in [1.54, 1.807) is 0 Å². The molecule has 15 heteroatoms.